The van der Waals surface area contributed by atoms with Gasteiger partial charge in [-0.05, 0) is 149 Å². The molecule has 2 N–H and O–H groups in total. The molecule has 470 valence electrons. The molecule has 0 spiro atoms. The van der Waals surface area contributed by atoms with Gasteiger partial charge >= 0.3 is 0 Å². The summed E-state index contributed by atoms with van der Waals surface area (Å²) in [5, 5.41) is 41.1. The zero-order valence-corrected chi connectivity index (χ0v) is 54.7. The summed E-state index contributed by atoms with van der Waals surface area (Å²) < 4.78 is 9.06. The van der Waals surface area contributed by atoms with Crippen LogP contribution in [0.4, 0.5) is 0 Å². The summed E-state index contributed by atoms with van der Waals surface area (Å²) in [5.74, 6) is 3.30. The van der Waals surface area contributed by atoms with Crippen molar-refractivity contribution < 1.29 is 50.4 Å². The predicted molar refractivity (Wildman–Crippen MR) is 375 cm³/mol. The monoisotopic (exact) mass is 1560 g/mol. The first-order valence-electron chi connectivity index (χ1n) is 29.0. The van der Waals surface area contributed by atoms with Crippen LogP contribution in [0, 0.1) is 47.6 Å². The van der Waals surface area contributed by atoms with Gasteiger partial charge in [0.15, 0.2) is 17.5 Å². The van der Waals surface area contributed by atoms with E-state index in [1.165, 1.54) is 71.4 Å². The smallest absolute Gasteiger partial charge is 0.169 e. The van der Waals surface area contributed by atoms with Crippen molar-refractivity contribution >= 4 is 43.6 Å². The van der Waals surface area contributed by atoms with Gasteiger partial charge in [-0.15, -0.1) is 45.1 Å². The fraction of sp³-hybridized carbons (Fsp3) is 0.190. The first-order chi connectivity index (χ1) is 41.4. The molecule has 0 aliphatic heterocycles. The van der Waals surface area contributed by atoms with Crippen LogP contribution in [-0.2, 0) is 40.2 Å². The van der Waals surface area contributed by atoms with Crippen molar-refractivity contribution in [2.45, 2.75) is 104 Å². The van der Waals surface area contributed by atoms with Gasteiger partial charge in [0, 0.05) is 101 Å². The topological polar surface area (TPSA) is 112 Å². The number of aliphatic hydroxyl groups is 2. The van der Waals surface area contributed by atoms with Crippen molar-refractivity contribution in [2.75, 3.05) is 0 Å². The second-order valence-electron chi connectivity index (χ2n) is 22.2. The van der Waals surface area contributed by atoms with Gasteiger partial charge in [0.25, 0.3) is 0 Å². The van der Waals surface area contributed by atoms with Gasteiger partial charge < -0.3 is 23.9 Å². The largest absolute Gasteiger partial charge is 0.393 e. The molecule has 0 amide bonds. The number of benzene rings is 10. The molecule has 0 aliphatic rings. The molecule has 0 saturated heterocycles. The maximum Gasteiger partial charge on any atom is 0.169 e. The first kappa shape index (κ1) is 71.4. The van der Waals surface area contributed by atoms with Gasteiger partial charge in [-0.1, -0.05) is 187 Å². The molecule has 2 unspecified atom stereocenters. The zero-order chi connectivity index (χ0) is 58.9. The average molecular weight is 1560 g/mol. The SMILES string of the molecule is C.C.C.C.CC(O)CC(C)O.Cc1ccccc1-c1nnc(-c2[c-]cc(-n3c4ccccc4c4ccccc43)cc2)n1-c1c(C)cccc1C.Cc1ccccc1-c1nnc(-c2ccc(-n3c4ccccc4c4ccccc43)cc2)n1-c1c(C)cccc1C.[Ir].[Ir]. The van der Waals surface area contributed by atoms with Gasteiger partial charge in [0.2, 0.25) is 0 Å². The molecule has 4 heterocycles. The number of hydrogen-bond acceptors (Lipinski definition) is 6. The van der Waals surface area contributed by atoms with E-state index >= 15 is 0 Å². The molecule has 14 aromatic rings. The standard InChI is InChI=1S/C35H28N4.C35H27N4.C5H12O2.4CH4.2Ir/c2*1-23-11-4-5-14-28(23)35-37-36-34(39(35)33-24(2)12-10-13-25(33)3)26-19-21-27(22-20-26)38-31-17-8-6-15-29(31)30-16-7-9-18-32(30)38;1-4(6)3-5(2)7;;;;;;/h4-22H,1-3H3;4-19,21-22H,1-3H3;4-7H,3H2,1-2H3;4*1H4;;/q;-1;;;;;;;. The molecule has 0 bridgehead atoms. The zero-order valence-electron chi connectivity index (χ0n) is 49.9. The summed E-state index contributed by atoms with van der Waals surface area (Å²) >= 11 is 0. The van der Waals surface area contributed by atoms with Crippen molar-refractivity contribution in [1.82, 2.24) is 38.7 Å². The summed E-state index contributed by atoms with van der Waals surface area (Å²) in [7, 11) is 0. The molecule has 2 atom stereocenters. The maximum atomic E-state index is 8.56. The van der Waals surface area contributed by atoms with E-state index in [9.17, 15) is 0 Å². The maximum absolute atomic E-state index is 8.56. The molecule has 10 nitrogen and oxygen atoms in total. The van der Waals surface area contributed by atoms with Crippen LogP contribution in [0.2, 0.25) is 0 Å². The molecule has 0 fully saturated rings. The normalized spacial score (nSPS) is 11.3. The predicted octanol–water partition coefficient (Wildman–Crippen LogP) is 19.7. The van der Waals surface area contributed by atoms with Crippen molar-refractivity contribution in [3.05, 3.63) is 264 Å². The number of hydrogen-bond donors (Lipinski definition) is 2. The first-order valence-corrected chi connectivity index (χ1v) is 29.0. The number of rotatable bonds is 10. The summed E-state index contributed by atoms with van der Waals surface area (Å²) in [6.45, 7) is 16.1. The van der Waals surface area contributed by atoms with Gasteiger partial charge in [-0.3, -0.25) is 4.57 Å². The second kappa shape index (κ2) is 30.9. The van der Waals surface area contributed by atoms with Crippen molar-refractivity contribution in [3.8, 4) is 68.3 Å². The van der Waals surface area contributed by atoms with E-state index in [2.05, 4.69) is 290 Å². The van der Waals surface area contributed by atoms with Crippen LogP contribution >= 0.6 is 0 Å². The average Bonchev–Trinajstić information content (AvgIpc) is 1.65. The van der Waals surface area contributed by atoms with Gasteiger partial charge in [0.1, 0.15) is 0 Å². The summed E-state index contributed by atoms with van der Waals surface area (Å²) in [6.07, 6.45) is -0.278. The molecular weight excluding hydrogens is 1480 g/mol. The Balaban J connectivity index is 0.000000247. The molecule has 2 radical (unpaired) electrons. The number of aryl methyl sites for hydroxylation is 6. The third-order valence-electron chi connectivity index (χ3n) is 15.9. The van der Waals surface area contributed by atoms with Crippen LogP contribution in [0.5, 0.6) is 0 Å². The fourth-order valence-corrected chi connectivity index (χ4v) is 12.0. The minimum Gasteiger partial charge on any atom is -0.393 e. The summed E-state index contributed by atoms with van der Waals surface area (Å²) in [6, 6.07) is 82.4. The summed E-state index contributed by atoms with van der Waals surface area (Å²) in [4.78, 5) is 0. The van der Waals surface area contributed by atoms with Crippen LogP contribution in [0.3, 0.4) is 0 Å². The quantitative estimate of drug-likeness (QED) is 0.132. The Bertz CT molecular complexity index is 4280. The van der Waals surface area contributed by atoms with Crippen LogP contribution in [0.1, 0.15) is 83.4 Å². The van der Waals surface area contributed by atoms with Crippen molar-refractivity contribution in [2.24, 2.45) is 0 Å². The van der Waals surface area contributed by atoms with Crippen LogP contribution < -0.4 is 0 Å². The van der Waals surface area contributed by atoms with Gasteiger partial charge in [-0.2, -0.15) is 5.10 Å². The third-order valence-corrected chi connectivity index (χ3v) is 15.9. The van der Waals surface area contributed by atoms with Crippen LogP contribution in [0.15, 0.2) is 224 Å². The Morgan fingerprint density at radius 2 is 0.659 bits per heavy atom. The number of aromatic nitrogens is 8. The molecule has 14 rings (SSSR count). The molecule has 0 saturated carbocycles. The Morgan fingerprint density at radius 3 is 1.02 bits per heavy atom. The van der Waals surface area contributed by atoms with E-state index in [0.717, 1.165) is 73.9 Å². The van der Waals surface area contributed by atoms with E-state index in [1.807, 2.05) is 0 Å². The Labute approximate surface area is 564 Å². The third kappa shape index (κ3) is 14.0. The summed E-state index contributed by atoms with van der Waals surface area (Å²) in [5.41, 5.74) is 20.3. The van der Waals surface area contributed by atoms with Crippen molar-refractivity contribution in [3.63, 3.8) is 0 Å². The number of para-hydroxylation sites is 6. The van der Waals surface area contributed by atoms with E-state index < -0.39 is 0 Å². The van der Waals surface area contributed by atoms with E-state index in [4.69, 9.17) is 30.6 Å². The van der Waals surface area contributed by atoms with Gasteiger partial charge in [-0.25, -0.2) is 0 Å². The molecule has 12 heteroatoms. The molecule has 10 aromatic carbocycles. The number of nitrogens with zero attached hydrogens (tertiary/aromatic N) is 8. The van der Waals surface area contributed by atoms with Gasteiger partial charge in [0.05, 0.1) is 34.8 Å². The number of fused-ring (bicyclic) bond motifs is 6. The van der Waals surface area contributed by atoms with E-state index in [0.29, 0.717) is 6.42 Å². The van der Waals surface area contributed by atoms with E-state index in [-0.39, 0.29) is 82.1 Å². The molecule has 0 aliphatic carbocycles. The van der Waals surface area contributed by atoms with Crippen molar-refractivity contribution in [1.29, 1.82) is 0 Å². The van der Waals surface area contributed by atoms with E-state index in [1.54, 1.807) is 13.8 Å². The van der Waals surface area contributed by atoms with Crippen LogP contribution in [-0.4, -0.2) is 61.1 Å². The minimum atomic E-state index is -0.375. The van der Waals surface area contributed by atoms with Crippen LogP contribution in [0.25, 0.3) is 112 Å². The Kier molecular flexibility index (Phi) is 24.2. The molecular formula is C79H83Ir2N8O2-. The molecule has 91 heavy (non-hydrogen) atoms. The minimum absolute atomic E-state index is 0. The number of aliphatic hydroxyl groups excluding tert-OH is 2. The molecule has 4 aromatic heterocycles. The fourth-order valence-electron chi connectivity index (χ4n) is 12.0. The Morgan fingerprint density at radius 1 is 0.341 bits per heavy atom. The Hall–Kier alpha value is -8.70. The second-order valence-corrected chi connectivity index (χ2v) is 22.2.